The monoisotopic (exact) mass is 437 g/mol. The molecule has 0 unspecified atom stereocenters. The van der Waals surface area contributed by atoms with E-state index >= 15 is 0 Å². The Morgan fingerprint density at radius 1 is 1.06 bits per heavy atom. The van der Waals surface area contributed by atoms with Crippen LogP contribution in [0.1, 0.15) is 42.2 Å². The number of thiophene rings is 1. The van der Waals surface area contributed by atoms with Crippen molar-refractivity contribution >= 4 is 27.5 Å². The fourth-order valence-corrected chi connectivity index (χ4v) is 6.17. The van der Waals surface area contributed by atoms with Crippen LogP contribution in [0.15, 0.2) is 39.9 Å². The van der Waals surface area contributed by atoms with Crippen molar-refractivity contribution in [2.24, 2.45) is 5.92 Å². The fourth-order valence-electron chi connectivity index (χ4n) is 4.79. The molecular formula is C24H27N3O3S. The molecule has 3 aromatic rings. The van der Waals surface area contributed by atoms with E-state index in [4.69, 9.17) is 0 Å². The van der Waals surface area contributed by atoms with Crippen molar-refractivity contribution in [3.63, 3.8) is 0 Å². The van der Waals surface area contributed by atoms with E-state index in [9.17, 15) is 14.4 Å². The lowest BCUT2D eigenvalue weighted by atomic mass is 9.99. The van der Waals surface area contributed by atoms with Gasteiger partial charge in [0.2, 0.25) is 5.91 Å². The minimum absolute atomic E-state index is 0.00181. The third-order valence-electron chi connectivity index (χ3n) is 6.68. The maximum absolute atomic E-state index is 13.5. The average molecular weight is 438 g/mol. The Morgan fingerprint density at radius 2 is 1.81 bits per heavy atom. The van der Waals surface area contributed by atoms with Gasteiger partial charge in [-0.05, 0) is 49.1 Å². The quantitative estimate of drug-likeness (QED) is 0.630. The van der Waals surface area contributed by atoms with E-state index in [1.54, 1.807) is 4.57 Å². The summed E-state index contributed by atoms with van der Waals surface area (Å²) in [5.74, 6) is 0.597. The van der Waals surface area contributed by atoms with Crippen LogP contribution >= 0.6 is 11.3 Å². The molecule has 1 aliphatic heterocycles. The maximum Gasteiger partial charge on any atom is 0.332 e. The van der Waals surface area contributed by atoms with Crippen LogP contribution in [-0.4, -0.2) is 33.0 Å². The molecule has 0 radical (unpaired) electrons. The van der Waals surface area contributed by atoms with E-state index in [2.05, 4.69) is 6.92 Å². The third kappa shape index (κ3) is 3.65. The number of likely N-dealkylation sites (tertiary alicyclic amines) is 1. The van der Waals surface area contributed by atoms with E-state index < -0.39 is 0 Å². The molecule has 1 fully saturated rings. The van der Waals surface area contributed by atoms with Crippen molar-refractivity contribution in [3.8, 4) is 0 Å². The highest BCUT2D eigenvalue weighted by Gasteiger charge is 2.27. The zero-order valence-electron chi connectivity index (χ0n) is 17.8. The number of piperidine rings is 1. The number of hydrogen-bond acceptors (Lipinski definition) is 4. The Balaban J connectivity index is 1.60. The van der Waals surface area contributed by atoms with Crippen molar-refractivity contribution in [2.75, 3.05) is 13.1 Å². The van der Waals surface area contributed by atoms with Gasteiger partial charge in [0.05, 0.1) is 11.9 Å². The van der Waals surface area contributed by atoms with Gasteiger partial charge in [-0.3, -0.25) is 18.7 Å². The lowest BCUT2D eigenvalue weighted by Gasteiger charge is -2.30. The summed E-state index contributed by atoms with van der Waals surface area (Å²) < 4.78 is 2.87. The van der Waals surface area contributed by atoms with E-state index in [0.29, 0.717) is 16.1 Å². The molecule has 1 saturated heterocycles. The molecule has 0 N–H and O–H groups in total. The summed E-state index contributed by atoms with van der Waals surface area (Å²) in [4.78, 5) is 43.7. The first-order chi connectivity index (χ1) is 15.0. The molecule has 1 aromatic carbocycles. The minimum atomic E-state index is -0.389. The Hall–Kier alpha value is -2.67. The van der Waals surface area contributed by atoms with E-state index in [-0.39, 0.29) is 30.2 Å². The van der Waals surface area contributed by atoms with Gasteiger partial charge in [0.15, 0.2) is 0 Å². The number of carbonyl (C=O) groups is 1. The predicted molar refractivity (Wildman–Crippen MR) is 123 cm³/mol. The number of amides is 1. The van der Waals surface area contributed by atoms with Crippen molar-refractivity contribution in [1.82, 2.24) is 14.0 Å². The summed E-state index contributed by atoms with van der Waals surface area (Å²) in [6.45, 7) is 3.90. The van der Waals surface area contributed by atoms with Gasteiger partial charge in [0, 0.05) is 18.0 Å². The van der Waals surface area contributed by atoms with Crippen LogP contribution in [0, 0.1) is 5.92 Å². The van der Waals surface area contributed by atoms with Crippen LogP contribution in [0.3, 0.4) is 0 Å². The molecule has 5 rings (SSSR count). The number of fused-ring (bicyclic) bond motifs is 3. The van der Waals surface area contributed by atoms with Gasteiger partial charge in [0.1, 0.15) is 11.4 Å². The first-order valence-corrected chi connectivity index (χ1v) is 11.9. The summed E-state index contributed by atoms with van der Waals surface area (Å²) in [7, 11) is 0. The van der Waals surface area contributed by atoms with E-state index in [1.165, 1.54) is 20.8 Å². The zero-order chi connectivity index (χ0) is 21.5. The summed E-state index contributed by atoms with van der Waals surface area (Å²) in [5, 5.41) is 0.646. The molecule has 0 atom stereocenters. The van der Waals surface area contributed by atoms with Gasteiger partial charge in [-0.1, -0.05) is 37.3 Å². The number of benzene rings is 1. The number of hydrogen-bond donors (Lipinski definition) is 0. The Labute approximate surface area is 184 Å². The maximum atomic E-state index is 13.5. The zero-order valence-corrected chi connectivity index (χ0v) is 18.6. The Bertz CT molecular complexity index is 1250. The Morgan fingerprint density at radius 3 is 2.55 bits per heavy atom. The van der Waals surface area contributed by atoms with Crippen molar-refractivity contribution in [2.45, 2.75) is 52.1 Å². The lowest BCUT2D eigenvalue weighted by molar-refractivity contribution is -0.133. The second-order valence-electron chi connectivity index (χ2n) is 8.85. The topological polar surface area (TPSA) is 64.3 Å². The van der Waals surface area contributed by atoms with Gasteiger partial charge < -0.3 is 4.90 Å². The third-order valence-corrected chi connectivity index (χ3v) is 8.00. The number of aryl methyl sites for hydroxylation is 2. The molecule has 3 heterocycles. The van der Waals surface area contributed by atoms with E-state index in [1.807, 2.05) is 35.2 Å². The van der Waals surface area contributed by atoms with Crippen LogP contribution in [0.25, 0.3) is 10.2 Å². The van der Waals surface area contributed by atoms with Crippen molar-refractivity contribution in [1.29, 1.82) is 0 Å². The minimum Gasteiger partial charge on any atom is -0.341 e. The average Bonchev–Trinajstić information content (AvgIpc) is 3.37. The predicted octanol–water partition coefficient (Wildman–Crippen LogP) is 3.02. The number of rotatable bonds is 4. The van der Waals surface area contributed by atoms with Gasteiger partial charge in [-0.15, -0.1) is 11.3 Å². The number of carbonyl (C=O) groups excluding carboxylic acids is 1. The SMILES string of the molecule is CC1CCN(C(=O)Cn2c(=O)n(Cc3ccccc3)c(=O)c3c4c(sc32)CCC4)CC1. The molecule has 0 spiro atoms. The summed E-state index contributed by atoms with van der Waals surface area (Å²) in [6.07, 6.45) is 4.85. The largest absolute Gasteiger partial charge is 0.341 e. The molecule has 0 bridgehead atoms. The molecule has 162 valence electrons. The number of aromatic nitrogens is 2. The van der Waals surface area contributed by atoms with Gasteiger partial charge in [-0.2, -0.15) is 0 Å². The highest BCUT2D eigenvalue weighted by Crippen LogP contribution is 2.35. The van der Waals surface area contributed by atoms with E-state index in [0.717, 1.165) is 56.3 Å². The second-order valence-corrected chi connectivity index (χ2v) is 9.93. The molecule has 0 saturated carbocycles. The van der Waals surface area contributed by atoms with Crippen molar-refractivity contribution < 1.29 is 4.79 Å². The molecule has 2 aromatic heterocycles. The molecule has 1 aliphatic carbocycles. The van der Waals surface area contributed by atoms with Crippen LogP contribution in [0.5, 0.6) is 0 Å². The first kappa shape index (κ1) is 20.2. The smallest absolute Gasteiger partial charge is 0.332 e. The molecule has 31 heavy (non-hydrogen) atoms. The highest BCUT2D eigenvalue weighted by atomic mass is 32.1. The molecule has 7 heteroatoms. The molecular weight excluding hydrogens is 410 g/mol. The van der Waals surface area contributed by atoms with Crippen LogP contribution in [-0.2, 0) is 30.7 Å². The molecule has 1 amide bonds. The second kappa shape index (κ2) is 8.11. The van der Waals surface area contributed by atoms with Crippen LogP contribution in [0.4, 0.5) is 0 Å². The highest BCUT2D eigenvalue weighted by molar-refractivity contribution is 7.19. The summed E-state index contributed by atoms with van der Waals surface area (Å²) >= 11 is 1.52. The van der Waals surface area contributed by atoms with Crippen molar-refractivity contribution in [3.05, 3.63) is 67.2 Å². The van der Waals surface area contributed by atoms with Gasteiger partial charge >= 0.3 is 5.69 Å². The van der Waals surface area contributed by atoms with Crippen LogP contribution < -0.4 is 11.2 Å². The molecule has 2 aliphatic rings. The fraction of sp³-hybridized carbons (Fsp3) is 0.458. The normalized spacial score (nSPS) is 16.7. The van der Waals surface area contributed by atoms with Crippen LogP contribution in [0.2, 0.25) is 0 Å². The van der Waals surface area contributed by atoms with Gasteiger partial charge in [0.25, 0.3) is 5.56 Å². The lowest BCUT2D eigenvalue weighted by Crippen LogP contribution is -2.45. The molecule has 6 nitrogen and oxygen atoms in total. The first-order valence-electron chi connectivity index (χ1n) is 11.1. The number of nitrogens with zero attached hydrogens (tertiary/aromatic N) is 3. The summed E-state index contributed by atoms with van der Waals surface area (Å²) in [5.41, 5.74) is 1.37. The van der Waals surface area contributed by atoms with Gasteiger partial charge in [-0.25, -0.2) is 4.79 Å². The summed E-state index contributed by atoms with van der Waals surface area (Å²) in [6, 6.07) is 9.55. The Kier molecular flexibility index (Phi) is 5.30. The standard InChI is InChI=1S/C24H27N3O3S/c1-16-10-12-25(13-11-16)20(28)15-27-23-21(18-8-5-9-19(18)31-23)22(29)26(24(27)30)14-17-6-3-2-4-7-17/h2-4,6-7,16H,5,8-15H2,1H3.